The summed E-state index contributed by atoms with van der Waals surface area (Å²) < 4.78 is 47.0. The number of hydrogen-bond acceptors (Lipinski definition) is 6. The van der Waals surface area contributed by atoms with Crippen LogP contribution in [0.25, 0.3) is 11.0 Å². The predicted octanol–water partition coefficient (Wildman–Crippen LogP) is 5.99. The number of alkyl halides is 3. The lowest BCUT2D eigenvalue weighted by Gasteiger charge is -2.34. The quantitative estimate of drug-likeness (QED) is 0.257. The van der Waals surface area contributed by atoms with Crippen LogP contribution in [0.5, 0.6) is 5.75 Å². The molecule has 0 radical (unpaired) electrons. The molecule has 46 heavy (non-hydrogen) atoms. The van der Waals surface area contributed by atoms with Gasteiger partial charge in [0.15, 0.2) is 5.76 Å². The second-order valence-corrected chi connectivity index (χ2v) is 12.1. The molecule has 2 fully saturated rings. The number of piperidine rings is 1. The summed E-state index contributed by atoms with van der Waals surface area (Å²) in [6.07, 6.45) is -3.24. The van der Waals surface area contributed by atoms with E-state index < -0.39 is 6.36 Å². The monoisotopic (exact) mass is 634 g/mol. The van der Waals surface area contributed by atoms with Crippen molar-refractivity contribution < 1.29 is 31.9 Å². The number of carbonyl (C=O) groups is 2. The average Bonchev–Trinajstić information content (AvgIpc) is 3.47. The zero-order chi connectivity index (χ0) is 32.3. The summed E-state index contributed by atoms with van der Waals surface area (Å²) in [6.45, 7) is 7.95. The van der Waals surface area contributed by atoms with Crippen molar-refractivity contribution in [3.63, 3.8) is 0 Å². The number of nitrogens with zero attached hydrogens (tertiary/aromatic N) is 3. The minimum atomic E-state index is -4.71. The summed E-state index contributed by atoms with van der Waals surface area (Å²) in [5.74, 6) is -0.365. The van der Waals surface area contributed by atoms with E-state index in [0.717, 1.165) is 51.1 Å². The van der Waals surface area contributed by atoms with Gasteiger partial charge in [-0.25, -0.2) is 0 Å². The van der Waals surface area contributed by atoms with Gasteiger partial charge < -0.3 is 19.4 Å². The third-order valence-corrected chi connectivity index (χ3v) is 8.66. The number of furan rings is 1. The molecule has 1 N–H and O–H groups in total. The highest BCUT2D eigenvalue weighted by Crippen LogP contribution is 2.25. The molecule has 3 aromatic carbocycles. The van der Waals surface area contributed by atoms with E-state index in [0.29, 0.717) is 36.2 Å². The molecule has 2 aliphatic rings. The second-order valence-electron chi connectivity index (χ2n) is 12.1. The van der Waals surface area contributed by atoms with E-state index in [1.54, 1.807) is 36.4 Å². The topological polar surface area (TPSA) is 78.3 Å². The van der Waals surface area contributed by atoms with E-state index in [4.69, 9.17) is 4.42 Å². The number of aryl methyl sites for hydroxylation is 1. The van der Waals surface area contributed by atoms with E-state index in [2.05, 4.69) is 51.0 Å². The van der Waals surface area contributed by atoms with Crippen molar-refractivity contribution in [2.45, 2.75) is 45.3 Å². The Hall–Kier alpha value is -4.35. The maximum absolute atomic E-state index is 13.3. The first-order chi connectivity index (χ1) is 22.1. The highest BCUT2D eigenvalue weighted by molar-refractivity contribution is 6.00. The van der Waals surface area contributed by atoms with Crippen LogP contribution in [-0.2, 0) is 13.1 Å². The Labute approximate surface area is 265 Å². The summed E-state index contributed by atoms with van der Waals surface area (Å²) in [6, 6.07) is 21.4. The minimum Gasteiger partial charge on any atom is -0.451 e. The first kappa shape index (κ1) is 31.6. The average molecular weight is 635 g/mol. The van der Waals surface area contributed by atoms with Crippen LogP contribution in [-0.4, -0.2) is 78.2 Å². The van der Waals surface area contributed by atoms with E-state index in [1.807, 2.05) is 4.90 Å². The van der Waals surface area contributed by atoms with E-state index in [1.165, 1.54) is 23.3 Å². The largest absolute Gasteiger partial charge is 0.573 e. The number of carbonyl (C=O) groups excluding carboxylic acids is 2. The summed E-state index contributed by atoms with van der Waals surface area (Å²) in [5.41, 5.74) is 4.52. The fourth-order valence-corrected chi connectivity index (χ4v) is 6.08. The molecular formula is C35H37F3N4O4. The van der Waals surface area contributed by atoms with Crippen LogP contribution in [0.3, 0.4) is 0 Å². The van der Waals surface area contributed by atoms with Crippen molar-refractivity contribution in [3.05, 3.63) is 101 Å². The van der Waals surface area contributed by atoms with Gasteiger partial charge in [-0.05, 0) is 67.3 Å². The van der Waals surface area contributed by atoms with Gasteiger partial charge in [0.2, 0.25) is 0 Å². The number of ether oxygens (including phenoxy) is 1. The van der Waals surface area contributed by atoms with Gasteiger partial charge in [0.05, 0.1) is 0 Å². The number of nitrogens with one attached hydrogen (secondary N) is 1. The van der Waals surface area contributed by atoms with Crippen molar-refractivity contribution in [3.8, 4) is 5.75 Å². The molecular weight excluding hydrogens is 597 g/mol. The second kappa shape index (κ2) is 13.6. The molecule has 1 aromatic heterocycles. The third kappa shape index (κ3) is 8.07. The molecule has 8 nitrogen and oxygen atoms in total. The van der Waals surface area contributed by atoms with Gasteiger partial charge in [-0.15, -0.1) is 13.2 Å². The van der Waals surface area contributed by atoms with Gasteiger partial charge in [0.1, 0.15) is 11.3 Å². The fourth-order valence-electron chi connectivity index (χ4n) is 6.08. The lowest BCUT2D eigenvalue weighted by atomic mass is 10.0. The molecule has 3 heterocycles. The van der Waals surface area contributed by atoms with Crippen LogP contribution in [0.2, 0.25) is 0 Å². The molecule has 0 unspecified atom stereocenters. The number of likely N-dealkylation sites (tertiary alicyclic amines) is 1. The number of hydrogen-bond donors (Lipinski definition) is 1. The van der Waals surface area contributed by atoms with Crippen LogP contribution in [0.4, 0.5) is 13.2 Å². The smallest absolute Gasteiger partial charge is 0.451 e. The Morgan fingerprint density at radius 2 is 1.43 bits per heavy atom. The maximum atomic E-state index is 13.3. The predicted molar refractivity (Wildman–Crippen MR) is 167 cm³/mol. The molecule has 0 bridgehead atoms. The molecule has 2 amide bonds. The molecule has 4 aromatic rings. The maximum Gasteiger partial charge on any atom is 0.573 e. The lowest BCUT2D eigenvalue weighted by Crippen LogP contribution is -2.48. The normalized spacial score (nSPS) is 16.9. The van der Waals surface area contributed by atoms with Gasteiger partial charge in [-0.1, -0.05) is 42.0 Å². The first-order valence-corrected chi connectivity index (χ1v) is 15.6. The van der Waals surface area contributed by atoms with Crippen molar-refractivity contribution in [2.75, 3.05) is 39.3 Å². The Morgan fingerprint density at radius 1 is 0.826 bits per heavy atom. The Bertz CT molecular complexity index is 1650. The molecule has 11 heteroatoms. The molecule has 6 rings (SSSR count). The van der Waals surface area contributed by atoms with Crippen LogP contribution in [0.15, 0.2) is 77.2 Å². The SMILES string of the molecule is Cc1ccc(CN2CCN(C(=O)c3ccc4oc(C(=O)NC5CCN(Cc6ccc(OC(F)(F)F)cc6)CC5)cc4c3)CC2)cc1. The Morgan fingerprint density at radius 3 is 2.07 bits per heavy atom. The highest BCUT2D eigenvalue weighted by Gasteiger charge is 2.31. The van der Waals surface area contributed by atoms with Crippen molar-refractivity contribution in [1.82, 2.24) is 20.0 Å². The van der Waals surface area contributed by atoms with Gasteiger partial charge in [-0.3, -0.25) is 19.4 Å². The number of fused-ring (bicyclic) bond motifs is 1. The standard InChI is InChI=1S/C35H37F3N4O4/c1-24-2-4-25(5-3-24)23-41-16-18-42(19-17-41)34(44)27-8-11-31-28(20-27)21-32(45-31)33(43)39-29-12-14-40(15-13-29)22-26-6-9-30(10-7-26)46-35(36,37)38/h2-11,20-21,29H,12-19,22-23H2,1H3,(H,39,43). The van der Waals surface area contributed by atoms with Gasteiger partial charge >= 0.3 is 6.36 Å². The zero-order valence-electron chi connectivity index (χ0n) is 25.7. The van der Waals surface area contributed by atoms with Crippen molar-refractivity contribution in [1.29, 1.82) is 0 Å². The number of amides is 2. The van der Waals surface area contributed by atoms with E-state index in [9.17, 15) is 22.8 Å². The zero-order valence-corrected chi connectivity index (χ0v) is 25.7. The fraction of sp³-hybridized carbons (Fsp3) is 0.371. The number of benzene rings is 3. The van der Waals surface area contributed by atoms with Gasteiger partial charge in [0, 0.05) is 69.3 Å². The highest BCUT2D eigenvalue weighted by atomic mass is 19.4. The van der Waals surface area contributed by atoms with Gasteiger partial charge in [0.25, 0.3) is 11.8 Å². The number of piperazine rings is 1. The molecule has 242 valence electrons. The van der Waals surface area contributed by atoms with Crippen LogP contribution in [0, 0.1) is 6.92 Å². The minimum absolute atomic E-state index is 0.0265. The Kier molecular flexibility index (Phi) is 9.32. The first-order valence-electron chi connectivity index (χ1n) is 15.6. The molecule has 0 aliphatic carbocycles. The summed E-state index contributed by atoms with van der Waals surface area (Å²) in [5, 5.41) is 3.76. The van der Waals surface area contributed by atoms with Crippen molar-refractivity contribution >= 4 is 22.8 Å². The number of rotatable bonds is 8. The number of halogens is 3. The van der Waals surface area contributed by atoms with E-state index in [-0.39, 0.29) is 29.4 Å². The van der Waals surface area contributed by atoms with Crippen molar-refractivity contribution in [2.24, 2.45) is 0 Å². The van der Waals surface area contributed by atoms with Gasteiger partial charge in [-0.2, -0.15) is 0 Å². The van der Waals surface area contributed by atoms with Crippen LogP contribution in [0.1, 0.15) is 50.4 Å². The van der Waals surface area contributed by atoms with E-state index >= 15 is 0 Å². The lowest BCUT2D eigenvalue weighted by molar-refractivity contribution is -0.274. The Balaban J connectivity index is 0.974. The molecule has 2 aliphatic heterocycles. The summed E-state index contributed by atoms with van der Waals surface area (Å²) >= 11 is 0. The summed E-state index contributed by atoms with van der Waals surface area (Å²) in [7, 11) is 0. The molecule has 0 saturated carbocycles. The molecule has 0 atom stereocenters. The third-order valence-electron chi connectivity index (χ3n) is 8.66. The van der Waals surface area contributed by atoms with Crippen LogP contribution >= 0.6 is 0 Å². The molecule has 0 spiro atoms. The molecule has 2 saturated heterocycles. The van der Waals surface area contributed by atoms with Crippen LogP contribution < -0.4 is 10.1 Å². The summed E-state index contributed by atoms with van der Waals surface area (Å²) in [4.78, 5) is 32.8.